The summed E-state index contributed by atoms with van der Waals surface area (Å²) in [6, 6.07) is -0.342. The van der Waals surface area contributed by atoms with Gasteiger partial charge < -0.3 is 5.11 Å². The van der Waals surface area contributed by atoms with Crippen LogP contribution in [0, 0.1) is 11.8 Å². The molecule has 1 heterocycles. The fourth-order valence-electron chi connectivity index (χ4n) is 2.58. The number of hydrogen-bond acceptors (Lipinski definition) is 3. The van der Waals surface area contributed by atoms with Crippen LogP contribution in [-0.2, 0) is 9.59 Å². The number of aliphatic hydroxyl groups excluding tert-OH is 1. The van der Waals surface area contributed by atoms with E-state index in [0.29, 0.717) is 19.3 Å². The van der Waals surface area contributed by atoms with Gasteiger partial charge in [0.2, 0.25) is 11.8 Å². The van der Waals surface area contributed by atoms with E-state index in [1.165, 1.54) is 4.90 Å². The van der Waals surface area contributed by atoms with Crippen molar-refractivity contribution in [1.29, 1.82) is 0 Å². The Morgan fingerprint density at radius 1 is 1.31 bits per heavy atom. The normalized spacial score (nSPS) is 30.8. The number of carbonyl (C=O) groups is 2. The fourth-order valence-corrected chi connectivity index (χ4v) is 2.58. The van der Waals surface area contributed by atoms with Gasteiger partial charge in [-0.15, -0.1) is 0 Å². The van der Waals surface area contributed by atoms with E-state index in [0.717, 1.165) is 0 Å². The second-order valence-corrected chi connectivity index (χ2v) is 4.45. The highest BCUT2D eigenvalue weighted by Crippen LogP contribution is 2.36. The van der Waals surface area contributed by atoms with Crippen molar-refractivity contribution >= 4 is 11.8 Å². The van der Waals surface area contributed by atoms with Gasteiger partial charge in [0, 0.05) is 0 Å². The molecule has 2 amide bonds. The molecule has 0 radical (unpaired) electrons. The maximum Gasteiger partial charge on any atom is 0.233 e. The molecule has 2 aliphatic rings. The monoisotopic (exact) mass is 223 g/mol. The minimum absolute atomic E-state index is 0.0970. The molecular weight excluding hydrogens is 206 g/mol. The van der Waals surface area contributed by atoms with Crippen LogP contribution in [0.4, 0.5) is 0 Å². The number of fused-ring (bicyclic) bond motifs is 1. The van der Waals surface area contributed by atoms with Crippen LogP contribution in [0.1, 0.15) is 26.2 Å². The van der Waals surface area contributed by atoms with E-state index in [-0.39, 0.29) is 36.3 Å². The lowest BCUT2D eigenvalue weighted by Crippen LogP contribution is -2.42. The van der Waals surface area contributed by atoms with E-state index < -0.39 is 0 Å². The van der Waals surface area contributed by atoms with Crippen molar-refractivity contribution in [2.45, 2.75) is 32.2 Å². The zero-order chi connectivity index (χ0) is 11.7. The van der Waals surface area contributed by atoms with E-state index in [9.17, 15) is 14.7 Å². The molecule has 1 fully saturated rings. The third-order valence-corrected chi connectivity index (χ3v) is 3.59. The highest BCUT2D eigenvalue weighted by Gasteiger charge is 2.49. The van der Waals surface area contributed by atoms with Crippen LogP contribution in [0.5, 0.6) is 0 Å². The molecule has 0 unspecified atom stereocenters. The topological polar surface area (TPSA) is 57.6 Å². The minimum atomic E-state index is -0.342. The molecule has 1 saturated heterocycles. The third-order valence-electron chi connectivity index (χ3n) is 3.59. The molecule has 0 saturated carbocycles. The zero-order valence-corrected chi connectivity index (χ0v) is 9.43. The zero-order valence-electron chi connectivity index (χ0n) is 9.43. The first-order valence-corrected chi connectivity index (χ1v) is 5.83. The Hall–Kier alpha value is -1.16. The molecule has 1 N–H and O–H groups in total. The third kappa shape index (κ3) is 1.57. The van der Waals surface area contributed by atoms with Crippen molar-refractivity contribution in [3.8, 4) is 0 Å². The Morgan fingerprint density at radius 3 is 2.19 bits per heavy atom. The molecule has 4 heteroatoms. The lowest BCUT2D eigenvalue weighted by atomic mass is 9.85. The predicted octanol–water partition coefficient (Wildman–Crippen LogP) is 0.708. The summed E-state index contributed by atoms with van der Waals surface area (Å²) in [6.45, 7) is 1.74. The smallest absolute Gasteiger partial charge is 0.233 e. The Kier molecular flexibility index (Phi) is 3.10. The first-order valence-electron chi connectivity index (χ1n) is 5.83. The van der Waals surface area contributed by atoms with Crippen LogP contribution >= 0.6 is 0 Å². The quantitative estimate of drug-likeness (QED) is 0.566. The van der Waals surface area contributed by atoms with E-state index in [4.69, 9.17) is 0 Å². The maximum absolute atomic E-state index is 12.1. The summed E-state index contributed by atoms with van der Waals surface area (Å²) in [4.78, 5) is 25.4. The number of imide groups is 1. The first-order chi connectivity index (χ1) is 7.70. The van der Waals surface area contributed by atoms with Crippen LogP contribution in [0.25, 0.3) is 0 Å². The molecule has 0 aromatic rings. The van der Waals surface area contributed by atoms with Crippen molar-refractivity contribution in [3.05, 3.63) is 12.2 Å². The highest BCUT2D eigenvalue weighted by molar-refractivity contribution is 6.05. The summed E-state index contributed by atoms with van der Waals surface area (Å²) in [7, 11) is 0. The number of amides is 2. The van der Waals surface area contributed by atoms with Crippen LogP contribution in [0.15, 0.2) is 12.2 Å². The van der Waals surface area contributed by atoms with Crippen LogP contribution in [0.2, 0.25) is 0 Å². The molecule has 16 heavy (non-hydrogen) atoms. The number of allylic oxidation sites excluding steroid dienone is 2. The molecule has 1 aliphatic carbocycles. The second kappa shape index (κ2) is 4.37. The summed E-state index contributed by atoms with van der Waals surface area (Å²) in [6.07, 6.45) is 5.87. The van der Waals surface area contributed by atoms with E-state index >= 15 is 0 Å². The van der Waals surface area contributed by atoms with Gasteiger partial charge in [-0.3, -0.25) is 14.5 Å². The Bertz CT molecular complexity index is 307. The summed E-state index contributed by atoms with van der Waals surface area (Å²) < 4.78 is 0. The van der Waals surface area contributed by atoms with Crippen molar-refractivity contribution in [1.82, 2.24) is 4.90 Å². The van der Waals surface area contributed by atoms with E-state index in [2.05, 4.69) is 0 Å². The highest BCUT2D eigenvalue weighted by atomic mass is 16.3. The maximum atomic E-state index is 12.1. The van der Waals surface area contributed by atoms with Gasteiger partial charge in [0.25, 0.3) is 0 Å². The minimum Gasteiger partial charge on any atom is -0.394 e. The molecular formula is C12H17NO3. The van der Waals surface area contributed by atoms with Gasteiger partial charge >= 0.3 is 0 Å². The van der Waals surface area contributed by atoms with Crippen LogP contribution in [-0.4, -0.2) is 34.5 Å². The van der Waals surface area contributed by atoms with Crippen molar-refractivity contribution < 1.29 is 14.7 Å². The summed E-state index contributed by atoms with van der Waals surface area (Å²) in [5, 5.41) is 9.19. The van der Waals surface area contributed by atoms with Gasteiger partial charge in [-0.2, -0.15) is 0 Å². The summed E-state index contributed by atoms with van der Waals surface area (Å²) >= 11 is 0. The van der Waals surface area contributed by atoms with Gasteiger partial charge in [0.15, 0.2) is 0 Å². The fraction of sp³-hybridized carbons (Fsp3) is 0.667. The lowest BCUT2D eigenvalue weighted by molar-refractivity contribution is -0.143. The van der Waals surface area contributed by atoms with Gasteiger partial charge in [0.05, 0.1) is 24.5 Å². The summed E-state index contributed by atoms with van der Waals surface area (Å²) in [5.74, 6) is -0.559. The molecule has 0 aromatic carbocycles. The van der Waals surface area contributed by atoms with E-state index in [1.54, 1.807) is 0 Å². The molecule has 0 spiro atoms. The van der Waals surface area contributed by atoms with Gasteiger partial charge in [-0.25, -0.2) is 0 Å². The number of likely N-dealkylation sites (tertiary alicyclic amines) is 1. The number of nitrogens with zero attached hydrogens (tertiary/aromatic N) is 1. The molecule has 2 rings (SSSR count). The van der Waals surface area contributed by atoms with Crippen molar-refractivity contribution in [2.75, 3.05) is 6.61 Å². The average Bonchev–Trinajstić information content (AvgIpc) is 2.57. The summed E-state index contributed by atoms with van der Waals surface area (Å²) in [5.41, 5.74) is 0. The average molecular weight is 223 g/mol. The number of aliphatic hydroxyl groups is 1. The molecule has 88 valence electrons. The van der Waals surface area contributed by atoms with Crippen LogP contribution < -0.4 is 0 Å². The Morgan fingerprint density at radius 2 is 1.81 bits per heavy atom. The Balaban J connectivity index is 2.23. The lowest BCUT2D eigenvalue weighted by Gasteiger charge is -2.23. The molecule has 0 bridgehead atoms. The van der Waals surface area contributed by atoms with E-state index in [1.807, 2.05) is 19.1 Å². The number of rotatable bonds is 3. The van der Waals surface area contributed by atoms with Gasteiger partial charge in [0.1, 0.15) is 0 Å². The van der Waals surface area contributed by atoms with Crippen LogP contribution in [0.3, 0.4) is 0 Å². The molecule has 0 aromatic heterocycles. The number of carbonyl (C=O) groups excluding carboxylic acids is 2. The second-order valence-electron chi connectivity index (χ2n) is 4.45. The van der Waals surface area contributed by atoms with Gasteiger partial charge in [-0.05, 0) is 19.3 Å². The largest absolute Gasteiger partial charge is 0.394 e. The van der Waals surface area contributed by atoms with Gasteiger partial charge in [-0.1, -0.05) is 19.1 Å². The Labute approximate surface area is 94.9 Å². The molecule has 1 aliphatic heterocycles. The van der Waals surface area contributed by atoms with Crippen molar-refractivity contribution in [2.24, 2.45) is 11.8 Å². The van der Waals surface area contributed by atoms with Crippen molar-refractivity contribution in [3.63, 3.8) is 0 Å². The number of hydrogen-bond donors (Lipinski definition) is 1. The predicted molar refractivity (Wildman–Crippen MR) is 58.4 cm³/mol. The molecule has 4 nitrogen and oxygen atoms in total. The standard InChI is InChI=1S/C12H17NO3/c1-2-8(7-14)13-11(15)9-5-3-4-6-10(9)12(13)16/h3-4,8-10,14H,2,5-7H2,1H3/t8-,9-,10+/m0/s1. The first kappa shape index (κ1) is 11.3. The SMILES string of the molecule is CC[C@@H](CO)N1C(=O)[C@H]2CC=CC[C@H]2C1=O. The molecule has 3 atom stereocenters.